The Morgan fingerprint density at radius 2 is 1.81 bits per heavy atom. The normalized spacial score (nSPS) is 13.1. The van der Waals surface area contributed by atoms with Gasteiger partial charge in [0.2, 0.25) is 5.91 Å². The van der Waals surface area contributed by atoms with Crippen LogP contribution in [0.1, 0.15) is 0 Å². The maximum atomic E-state index is 13.5. The fourth-order valence-electron chi connectivity index (χ4n) is 3.51. The zero-order chi connectivity index (χ0) is 21.9. The van der Waals surface area contributed by atoms with Crippen molar-refractivity contribution >= 4 is 35.1 Å². The minimum atomic E-state index is -0.321. The number of hydrogen-bond acceptors (Lipinski definition) is 6. The number of aromatic nitrogens is 4. The molecule has 1 amide bonds. The summed E-state index contributed by atoms with van der Waals surface area (Å²) in [4.78, 5) is 20.1. The van der Waals surface area contributed by atoms with Crippen molar-refractivity contribution in [2.45, 2.75) is 10.1 Å². The maximum Gasteiger partial charge on any atom is 0.237 e. The number of thioether (sulfide) groups is 2. The van der Waals surface area contributed by atoms with Crippen molar-refractivity contribution in [1.29, 1.82) is 0 Å². The lowest BCUT2D eigenvalue weighted by molar-refractivity contribution is -0.116. The standard InChI is InChI=1S/C23H18FN5OS2/c24-17-5-7-18(8-6-17)29-22(16-9-11-25-12-10-16)26-27-23(29)32-15-21(30)28-13-14-31-20-4-2-1-3-19(20)28/h1-12H,13-15H2. The van der Waals surface area contributed by atoms with Crippen molar-refractivity contribution in [3.05, 3.63) is 78.9 Å². The number of carbonyl (C=O) groups excluding carboxylic acids is 1. The summed E-state index contributed by atoms with van der Waals surface area (Å²) in [5, 5.41) is 9.26. The van der Waals surface area contributed by atoms with E-state index in [0.717, 1.165) is 27.6 Å². The minimum absolute atomic E-state index is 0.0156. The summed E-state index contributed by atoms with van der Waals surface area (Å²) in [5.74, 6) is 1.38. The molecule has 0 bridgehead atoms. The lowest BCUT2D eigenvalue weighted by Crippen LogP contribution is -2.36. The largest absolute Gasteiger partial charge is 0.310 e. The highest BCUT2D eigenvalue weighted by molar-refractivity contribution is 8.00. The number of hydrogen-bond donors (Lipinski definition) is 0. The van der Waals surface area contributed by atoms with E-state index in [-0.39, 0.29) is 17.5 Å². The third kappa shape index (κ3) is 4.13. The number of benzene rings is 2. The zero-order valence-corrected chi connectivity index (χ0v) is 18.5. The van der Waals surface area contributed by atoms with E-state index in [2.05, 4.69) is 15.2 Å². The number of fused-ring (bicyclic) bond motifs is 1. The van der Waals surface area contributed by atoms with E-state index < -0.39 is 0 Å². The second-order valence-corrected chi connectivity index (χ2v) is 9.08. The van der Waals surface area contributed by atoms with Crippen molar-refractivity contribution in [1.82, 2.24) is 19.7 Å². The second-order valence-electron chi connectivity index (χ2n) is 7.00. The van der Waals surface area contributed by atoms with Crippen molar-refractivity contribution in [3.8, 4) is 17.1 Å². The van der Waals surface area contributed by atoms with E-state index in [4.69, 9.17) is 0 Å². The lowest BCUT2D eigenvalue weighted by Gasteiger charge is -2.28. The summed E-state index contributed by atoms with van der Waals surface area (Å²) in [6.07, 6.45) is 3.36. The van der Waals surface area contributed by atoms with E-state index in [1.807, 2.05) is 45.9 Å². The van der Waals surface area contributed by atoms with E-state index in [1.165, 1.54) is 23.9 Å². The van der Waals surface area contributed by atoms with Gasteiger partial charge in [-0.1, -0.05) is 23.9 Å². The van der Waals surface area contributed by atoms with Gasteiger partial charge in [-0.05, 0) is 48.5 Å². The first-order valence-electron chi connectivity index (χ1n) is 9.97. The van der Waals surface area contributed by atoms with Gasteiger partial charge in [-0.3, -0.25) is 14.3 Å². The number of anilines is 1. The van der Waals surface area contributed by atoms with Crippen LogP contribution in [-0.2, 0) is 4.79 Å². The Morgan fingerprint density at radius 3 is 2.62 bits per heavy atom. The summed E-state index contributed by atoms with van der Waals surface area (Å²) >= 11 is 3.08. The Balaban J connectivity index is 1.44. The van der Waals surface area contributed by atoms with Crippen LogP contribution in [0, 0.1) is 5.82 Å². The number of pyridine rings is 1. The Labute approximate surface area is 192 Å². The van der Waals surface area contributed by atoms with Crippen LogP contribution in [-0.4, -0.2) is 43.7 Å². The molecule has 32 heavy (non-hydrogen) atoms. The first kappa shape index (κ1) is 20.7. The van der Waals surface area contributed by atoms with Gasteiger partial charge in [0.1, 0.15) is 5.82 Å². The van der Waals surface area contributed by atoms with Crippen LogP contribution in [0.3, 0.4) is 0 Å². The molecule has 0 saturated heterocycles. The number of para-hydroxylation sites is 1. The topological polar surface area (TPSA) is 63.9 Å². The molecule has 160 valence electrons. The molecule has 0 fully saturated rings. The number of rotatable bonds is 5. The van der Waals surface area contributed by atoms with Gasteiger partial charge in [0.25, 0.3) is 0 Å². The SMILES string of the molecule is O=C(CSc1nnc(-c2ccncc2)n1-c1ccc(F)cc1)N1CCSc2ccccc21. The molecule has 2 aromatic heterocycles. The van der Waals surface area contributed by atoms with Gasteiger partial charge in [-0.15, -0.1) is 22.0 Å². The molecule has 0 spiro atoms. The highest BCUT2D eigenvalue weighted by atomic mass is 32.2. The fourth-order valence-corrected chi connectivity index (χ4v) is 5.33. The zero-order valence-electron chi connectivity index (χ0n) is 16.9. The molecule has 0 N–H and O–H groups in total. The van der Waals surface area contributed by atoms with Gasteiger partial charge in [-0.2, -0.15) is 0 Å². The van der Waals surface area contributed by atoms with Crippen LogP contribution in [0.15, 0.2) is 83.1 Å². The van der Waals surface area contributed by atoms with Gasteiger partial charge in [0, 0.05) is 40.8 Å². The number of carbonyl (C=O) groups is 1. The number of amides is 1. The van der Waals surface area contributed by atoms with Gasteiger partial charge < -0.3 is 4.90 Å². The van der Waals surface area contributed by atoms with Crippen molar-refractivity contribution in [2.75, 3.05) is 23.0 Å². The van der Waals surface area contributed by atoms with Gasteiger partial charge in [0.15, 0.2) is 11.0 Å². The minimum Gasteiger partial charge on any atom is -0.310 e. The van der Waals surface area contributed by atoms with Crippen LogP contribution >= 0.6 is 23.5 Å². The highest BCUT2D eigenvalue weighted by Gasteiger charge is 2.24. The smallest absolute Gasteiger partial charge is 0.237 e. The Bertz CT molecular complexity index is 1250. The predicted octanol–water partition coefficient (Wildman–Crippen LogP) is 4.70. The summed E-state index contributed by atoms with van der Waals surface area (Å²) in [6.45, 7) is 0.675. The molecule has 0 atom stereocenters. The van der Waals surface area contributed by atoms with Crippen LogP contribution in [0.2, 0.25) is 0 Å². The van der Waals surface area contributed by atoms with E-state index in [9.17, 15) is 9.18 Å². The molecule has 0 unspecified atom stereocenters. The molecular weight excluding hydrogens is 445 g/mol. The fraction of sp³-hybridized carbons (Fsp3) is 0.130. The molecule has 2 aromatic carbocycles. The first-order chi connectivity index (χ1) is 15.7. The average Bonchev–Trinajstić information content (AvgIpc) is 3.27. The number of nitrogens with zero attached hydrogens (tertiary/aromatic N) is 5. The molecule has 0 aliphatic carbocycles. The molecule has 0 radical (unpaired) electrons. The number of halogens is 1. The monoisotopic (exact) mass is 463 g/mol. The Hall–Kier alpha value is -3.17. The lowest BCUT2D eigenvalue weighted by atomic mass is 10.2. The predicted molar refractivity (Wildman–Crippen MR) is 125 cm³/mol. The molecule has 0 saturated carbocycles. The summed E-state index contributed by atoms with van der Waals surface area (Å²) < 4.78 is 15.4. The molecule has 5 rings (SSSR count). The molecule has 1 aliphatic rings. The van der Waals surface area contributed by atoms with Gasteiger partial charge in [-0.25, -0.2) is 4.39 Å². The van der Waals surface area contributed by atoms with Crippen molar-refractivity contribution in [2.24, 2.45) is 0 Å². The van der Waals surface area contributed by atoms with E-state index >= 15 is 0 Å². The summed E-state index contributed by atoms with van der Waals surface area (Å²) in [7, 11) is 0. The van der Waals surface area contributed by atoms with Crippen LogP contribution in [0.25, 0.3) is 17.1 Å². The van der Waals surface area contributed by atoms with Crippen LogP contribution < -0.4 is 4.90 Å². The highest BCUT2D eigenvalue weighted by Crippen LogP contribution is 2.35. The van der Waals surface area contributed by atoms with E-state index in [1.54, 1.807) is 36.3 Å². The van der Waals surface area contributed by atoms with Crippen LogP contribution in [0.5, 0.6) is 0 Å². The van der Waals surface area contributed by atoms with Crippen LogP contribution in [0.4, 0.5) is 10.1 Å². The second kappa shape index (κ2) is 9.13. The summed E-state index contributed by atoms with van der Waals surface area (Å²) in [5.41, 5.74) is 2.50. The molecule has 3 heterocycles. The van der Waals surface area contributed by atoms with Crippen molar-refractivity contribution < 1.29 is 9.18 Å². The Morgan fingerprint density at radius 1 is 1.03 bits per heavy atom. The molecule has 9 heteroatoms. The first-order valence-corrected chi connectivity index (χ1v) is 11.9. The molecular formula is C23H18FN5OS2. The quantitative estimate of drug-likeness (QED) is 0.400. The summed E-state index contributed by atoms with van der Waals surface area (Å²) in [6, 6.07) is 17.8. The Kier molecular flexibility index (Phi) is 5.91. The average molecular weight is 464 g/mol. The molecule has 6 nitrogen and oxygen atoms in total. The maximum absolute atomic E-state index is 13.5. The molecule has 4 aromatic rings. The van der Waals surface area contributed by atoms with E-state index in [0.29, 0.717) is 17.5 Å². The van der Waals surface area contributed by atoms with Crippen molar-refractivity contribution in [3.63, 3.8) is 0 Å². The van der Waals surface area contributed by atoms with Gasteiger partial charge >= 0.3 is 0 Å². The van der Waals surface area contributed by atoms with Gasteiger partial charge in [0.05, 0.1) is 11.4 Å². The molecule has 1 aliphatic heterocycles. The third-order valence-corrected chi connectivity index (χ3v) is 6.97. The third-order valence-electron chi connectivity index (χ3n) is 5.01.